The maximum absolute atomic E-state index is 12.4. The number of methoxy groups -OCH3 is 3. The highest BCUT2D eigenvalue weighted by Crippen LogP contribution is 2.30. The summed E-state index contributed by atoms with van der Waals surface area (Å²) >= 11 is 0. The molecule has 2 aromatic rings. The average molecular weight is 364 g/mol. The summed E-state index contributed by atoms with van der Waals surface area (Å²) in [6.07, 6.45) is 2.95. The van der Waals surface area contributed by atoms with E-state index in [4.69, 9.17) is 14.2 Å². The van der Waals surface area contributed by atoms with Crippen LogP contribution < -0.4 is 18.9 Å². The Morgan fingerprint density at radius 2 is 1.65 bits per heavy atom. The Morgan fingerprint density at radius 3 is 2.27 bits per heavy atom. The average Bonchev–Trinajstić information content (AvgIpc) is 2.65. The van der Waals surface area contributed by atoms with E-state index >= 15 is 0 Å². The van der Waals surface area contributed by atoms with Gasteiger partial charge in [-0.2, -0.15) is 8.78 Å². The van der Waals surface area contributed by atoms with Crippen molar-refractivity contribution in [3.05, 3.63) is 53.6 Å². The van der Waals surface area contributed by atoms with Crippen LogP contribution >= 0.6 is 0 Å². The van der Waals surface area contributed by atoms with Crippen molar-refractivity contribution < 1.29 is 32.5 Å². The summed E-state index contributed by atoms with van der Waals surface area (Å²) in [6.45, 7) is -2.98. The standard InChI is InChI=1S/C19H18F2O5/c1-23-14-7-4-12(17(11-14)24-2)5-8-15(22)13-6-9-16(26-19(20)21)18(10-13)25-3/h4-11,19H,1-3H3/b8-5+. The monoisotopic (exact) mass is 364 g/mol. The summed E-state index contributed by atoms with van der Waals surface area (Å²) in [4.78, 5) is 12.3. The molecule has 2 rings (SSSR count). The lowest BCUT2D eigenvalue weighted by molar-refractivity contribution is -0.0512. The van der Waals surface area contributed by atoms with Gasteiger partial charge in [-0.25, -0.2) is 0 Å². The number of ether oxygens (including phenoxy) is 4. The predicted octanol–water partition coefficient (Wildman–Crippen LogP) is 4.21. The lowest BCUT2D eigenvalue weighted by Gasteiger charge is -2.10. The SMILES string of the molecule is COc1ccc(/C=C/C(=O)c2ccc(OC(F)F)c(OC)c2)c(OC)c1. The summed E-state index contributed by atoms with van der Waals surface area (Å²) in [5, 5.41) is 0. The summed E-state index contributed by atoms with van der Waals surface area (Å²) in [5.41, 5.74) is 0.957. The van der Waals surface area contributed by atoms with E-state index in [1.807, 2.05) is 0 Å². The molecule has 138 valence electrons. The smallest absolute Gasteiger partial charge is 0.387 e. The molecule has 0 aliphatic heterocycles. The number of carbonyl (C=O) groups excluding carboxylic acids is 1. The number of hydrogen-bond donors (Lipinski definition) is 0. The Kier molecular flexibility index (Phi) is 6.54. The zero-order valence-corrected chi connectivity index (χ0v) is 14.5. The first-order valence-corrected chi connectivity index (χ1v) is 7.55. The van der Waals surface area contributed by atoms with Crippen molar-refractivity contribution in [1.82, 2.24) is 0 Å². The molecule has 0 fully saturated rings. The van der Waals surface area contributed by atoms with E-state index in [0.717, 1.165) is 0 Å². The maximum atomic E-state index is 12.4. The number of benzene rings is 2. The highest BCUT2D eigenvalue weighted by atomic mass is 19.3. The van der Waals surface area contributed by atoms with Crippen LogP contribution in [-0.4, -0.2) is 33.7 Å². The summed E-state index contributed by atoms with van der Waals surface area (Å²) in [5.74, 6) is 0.757. The van der Waals surface area contributed by atoms with Gasteiger partial charge in [-0.1, -0.05) is 0 Å². The van der Waals surface area contributed by atoms with E-state index < -0.39 is 6.61 Å². The number of carbonyl (C=O) groups is 1. The summed E-state index contributed by atoms with van der Waals surface area (Å²) in [6, 6.07) is 9.19. The van der Waals surface area contributed by atoms with E-state index in [1.54, 1.807) is 31.4 Å². The van der Waals surface area contributed by atoms with Gasteiger partial charge < -0.3 is 18.9 Å². The van der Waals surface area contributed by atoms with Crippen molar-refractivity contribution in [2.75, 3.05) is 21.3 Å². The molecule has 0 spiro atoms. The molecule has 0 amide bonds. The fourth-order valence-corrected chi connectivity index (χ4v) is 2.23. The molecule has 0 bridgehead atoms. The first-order chi connectivity index (χ1) is 12.5. The van der Waals surface area contributed by atoms with Crippen LogP contribution in [0.2, 0.25) is 0 Å². The Morgan fingerprint density at radius 1 is 0.923 bits per heavy atom. The van der Waals surface area contributed by atoms with Crippen LogP contribution in [-0.2, 0) is 0 Å². The second kappa shape index (κ2) is 8.84. The molecule has 0 N–H and O–H groups in total. The zero-order valence-electron chi connectivity index (χ0n) is 14.5. The van der Waals surface area contributed by atoms with Crippen molar-refractivity contribution in [2.45, 2.75) is 6.61 Å². The number of rotatable bonds is 8. The Bertz CT molecular complexity index is 803. The van der Waals surface area contributed by atoms with Crippen molar-refractivity contribution in [3.63, 3.8) is 0 Å². The van der Waals surface area contributed by atoms with Gasteiger partial charge in [0.05, 0.1) is 21.3 Å². The minimum Gasteiger partial charge on any atom is -0.497 e. The zero-order chi connectivity index (χ0) is 19.1. The van der Waals surface area contributed by atoms with Crippen LogP contribution in [0.15, 0.2) is 42.5 Å². The van der Waals surface area contributed by atoms with Crippen molar-refractivity contribution in [2.24, 2.45) is 0 Å². The van der Waals surface area contributed by atoms with Crippen molar-refractivity contribution in [1.29, 1.82) is 0 Å². The number of halogens is 2. The van der Waals surface area contributed by atoms with Gasteiger partial charge in [-0.3, -0.25) is 4.79 Å². The molecule has 26 heavy (non-hydrogen) atoms. The molecule has 0 saturated carbocycles. The van der Waals surface area contributed by atoms with Crippen LogP contribution in [0.3, 0.4) is 0 Å². The minimum absolute atomic E-state index is 0.0478. The summed E-state index contributed by atoms with van der Waals surface area (Å²) in [7, 11) is 4.36. The van der Waals surface area contributed by atoms with Crippen LogP contribution in [0.5, 0.6) is 23.0 Å². The topological polar surface area (TPSA) is 54.0 Å². The fraction of sp³-hybridized carbons (Fsp3) is 0.211. The third-order valence-corrected chi connectivity index (χ3v) is 3.52. The first kappa shape index (κ1) is 19.2. The van der Waals surface area contributed by atoms with Gasteiger partial charge in [0.2, 0.25) is 0 Å². The predicted molar refractivity (Wildman–Crippen MR) is 92.5 cm³/mol. The van der Waals surface area contributed by atoms with Crippen LogP contribution in [0.25, 0.3) is 6.08 Å². The molecule has 0 aliphatic carbocycles. The van der Waals surface area contributed by atoms with E-state index in [0.29, 0.717) is 17.1 Å². The van der Waals surface area contributed by atoms with Crippen LogP contribution in [0.1, 0.15) is 15.9 Å². The molecule has 0 unspecified atom stereocenters. The molecular formula is C19H18F2O5. The minimum atomic E-state index is -2.98. The van der Waals surface area contributed by atoms with E-state index in [-0.39, 0.29) is 22.8 Å². The normalized spacial score (nSPS) is 10.8. The van der Waals surface area contributed by atoms with Gasteiger partial charge in [-0.05, 0) is 42.5 Å². The Labute approximate surface area is 149 Å². The maximum Gasteiger partial charge on any atom is 0.387 e. The lowest BCUT2D eigenvalue weighted by Crippen LogP contribution is -2.04. The van der Waals surface area contributed by atoms with Gasteiger partial charge >= 0.3 is 6.61 Å². The Balaban J connectivity index is 2.23. The van der Waals surface area contributed by atoms with E-state index in [9.17, 15) is 13.6 Å². The van der Waals surface area contributed by atoms with Gasteiger partial charge in [0.25, 0.3) is 0 Å². The van der Waals surface area contributed by atoms with Gasteiger partial charge in [-0.15, -0.1) is 0 Å². The first-order valence-electron chi connectivity index (χ1n) is 7.55. The quantitative estimate of drug-likeness (QED) is 0.519. The number of allylic oxidation sites excluding steroid dienone is 1. The number of alkyl halides is 2. The third kappa shape index (κ3) is 4.72. The van der Waals surface area contributed by atoms with Crippen molar-refractivity contribution in [3.8, 4) is 23.0 Å². The molecule has 7 heteroatoms. The molecule has 0 saturated heterocycles. The second-order valence-electron chi connectivity index (χ2n) is 5.05. The molecule has 0 aliphatic rings. The van der Waals surface area contributed by atoms with Gasteiger partial charge in [0, 0.05) is 17.2 Å². The highest BCUT2D eigenvalue weighted by Gasteiger charge is 2.13. The highest BCUT2D eigenvalue weighted by molar-refractivity contribution is 6.07. The fourth-order valence-electron chi connectivity index (χ4n) is 2.23. The molecule has 0 radical (unpaired) electrons. The molecular weight excluding hydrogens is 346 g/mol. The van der Waals surface area contributed by atoms with Crippen LogP contribution in [0.4, 0.5) is 8.78 Å². The van der Waals surface area contributed by atoms with Crippen molar-refractivity contribution >= 4 is 11.9 Å². The van der Waals surface area contributed by atoms with Gasteiger partial charge in [0.1, 0.15) is 11.5 Å². The molecule has 0 atom stereocenters. The molecule has 2 aromatic carbocycles. The van der Waals surface area contributed by atoms with Crippen LogP contribution in [0, 0.1) is 0 Å². The number of hydrogen-bond acceptors (Lipinski definition) is 5. The Hall–Kier alpha value is -3.09. The lowest BCUT2D eigenvalue weighted by atomic mass is 10.1. The molecule has 0 heterocycles. The largest absolute Gasteiger partial charge is 0.497 e. The third-order valence-electron chi connectivity index (χ3n) is 3.52. The number of ketones is 1. The molecule has 0 aromatic heterocycles. The van der Waals surface area contributed by atoms with E-state index in [1.165, 1.54) is 38.5 Å². The van der Waals surface area contributed by atoms with E-state index in [2.05, 4.69) is 4.74 Å². The summed E-state index contributed by atoms with van der Waals surface area (Å²) < 4.78 is 44.4. The van der Waals surface area contributed by atoms with Gasteiger partial charge in [0.15, 0.2) is 17.3 Å². The second-order valence-corrected chi connectivity index (χ2v) is 5.05. The molecule has 5 nitrogen and oxygen atoms in total.